The first-order chi connectivity index (χ1) is 6.79. The third-order valence-corrected chi connectivity index (χ3v) is 2.37. The minimum absolute atomic E-state index is 0.423. The number of aromatic nitrogens is 2. The maximum Gasteiger partial charge on any atom is 0.122 e. The molecule has 2 aromatic rings. The summed E-state index contributed by atoms with van der Waals surface area (Å²) in [6.07, 6.45) is 0. The first-order valence-electron chi connectivity index (χ1n) is 4.50. The van der Waals surface area contributed by atoms with Gasteiger partial charge in [0.25, 0.3) is 0 Å². The van der Waals surface area contributed by atoms with E-state index in [4.69, 9.17) is 11.6 Å². The molecule has 0 bridgehead atoms. The van der Waals surface area contributed by atoms with Crippen molar-refractivity contribution in [2.75, 3.05) is 0 Å². The molecule has 0 fully saturated rings. The Morgan fingerprint density at radius 2 is 2.14 bits per heavy atom. The Hall–Kier alpha value is -0.540. The van der Waals surface area contributed by atoms with Crippen molar-refractivity contribution in [2.24, 2.45) is 0 Å². The minimum atomic E-state index is 0.423. The molecule has 0 aliphatic carbocycles. The Bertz CT molecular complexity index is 411. The zero-order chi connectivity index (χ0) is 10.6. The highest BCUT2D eigenvalue weighted by Crippen LogP contribution is 2.17. The molecule has 4 heteroatoms. The van der Waals surface area contributed by atoms with Crippen LogP contribution >= 0.6 is 27.5 Å². The summed E-state index contributed by atoms with van der Waals surface area (Å²) in [5, 5.41) is 0. The molecular weight excluding hydrogens is 263 g/mol. The van der Waals surface area contributed by atoms with Gasteiger partial charge in [0, 0.05) is 4.47 Å². The average molecular weight is 276 g/mol. The van der Waals surface area contributed by atoms with Gasteiger partial charge in [0.1, 0.15) is 5.82 Å². The van der Waals surface area contributed by atoms with Gasteiger partial charge < -0.3 is 4.98 Å². The SMILES string of the molecule is CC.ClCc1nc2ccc(Br)cc2[nH]1. The van der Waals surface area contributed by atoms with E-state index < -0.39 is 0 Å². The highest BCUT2D eigenvalue weighted by atomic mass is 79.9. The van der Waals surface area contributed by atoms with Crippen LogP contribution in [0.25, 0.3) is 11.0 Å². The van der Waals surface area contributed by atoms with E-state index in [0.29, 0.717) is 5.88 Å². The van der Waals surface area contributed by atoms with Gasteiger partial charge in [-0.1, -0.05) is 29.8 Å². The van der Waals surface area contributed by atoms with Crippen molar-refractivity contribution in [3.8, 4) is 0 Å². The van der Waals surface area contributed by atoms with E-state index in [9.17, 15) is 0 Å². The van der Waals surface area contributed by atoms with E-state index in [1.807, 2.05) is 32.0 Å². The second-order valence-electron chi connectivity index (χ2n) is 2.48. The van der Waals surface area contributed by atoms with Crippen LogP contribution in [0.5, 0.6) is 0 Å². The summed E-state index contributed by atoms with van der Waals surface area (Å²) >= 11 is 9.02. The molecule has 2 nitrogen and oxygen atoms in total. The molecule has 0 saturated heterocycles. The van der Waals surface area contributed by atoms with Crippen LogP contribution < -0.4 is 0 Å². The summed E-state index contributed by atoms with van der Waals surface area (Å²) < 4.78 is 1.04. The van der Waals surface area contributed by atoms with E-state index in [1.165, 1.54) is 0 Å². The summed E-state index contributed by atoms with van der Waals surface area (Å²) in [5.41, 5.74) is 1.97. The number of H-pyrrole nitrogens is 1. The Morgan fingerprint density at radius 3 is 2.79 bits per heavy atom. The lowest BCUT2D eigenvalue weighted by molar-refractivity contribution is 1.13. The molecule has 1 N–H and O–H groups in total. The number of alkyl halides is 1. The van der Waals surface area contributed by atoms with Gasteiger partial charge in [-0.25, -0.2) is 4.98 Å². The number of hydrogen-bond donors (Lipinski definition) is 1. The van der Waals surface area contributed by atoms with Crippen molar-refractivity contribution in [3.05, 3.63) is 28.5 Å². The van der Waals surface area contributed by atoms with E-state index in [1.54, 1.807) is 0 Å². The molecular formula is C10H12BrClN2. The Kier molecular flexibility index (Phi) is 4.42. The third-order valence-electron chi connectivity index (χ3n) is 1.62. The zero-order valence-electron chi connectivity index (χ0n) is 8.14. The standard InChI is InChI=1S/C8H6BrClN2.C2H6/c9-5-1-2-6-7(3-5)12-8(4-10)11-6;1-2/h1-3H,4H2,(H,11,12);1-2H3. The summed E-state index contributed by atoms with van der Waals surface area (Å²) in [6.45, 7) is 4.00. The van der Waals surface area contributed by atoms with Crippen molar-refractivity contribution >= 4 is 38.6 Å². The molecule has 1 aromatic carbocycles. The highest BCUT2D eigenvalue weighted by Gasteiger charge is 2.00. The van der Waals surface area contributed by atoms with Crippen molar-refractivity contribution in [2.45, 2.75) is 19.7 Å². The van der Waals surface area contributed by atoms with Gasteiger partial charge in [0.2, 0.25) is 0 Å². The van der Waals surface area contributed by atoms with Crippen molar-refractivity contribution in [1.29, 1.82) is 0 Å². The van der Waals surface area contributed by atoms with Gasteiger partial charge in [-0.2, -0.15) is 0 Å². The second kappa shape index (κ2) is 5.37. The van der Waals surface area contributed by atoms with Crippen LogP contribution in [-0.2, 0) is 5.88 Å². The minimum Gasteiger partial charge on any atom is -0.341 e. The quantitative estimate of drug-likeness (QED) is 0.780. The van der Waals surface area contributed by atoms with Crippen LogP contribution in [0.15, 0.2) is 22.7 Å². The van der Waals surface area contributed by atoms with Gasteiger partial charge in [-0.05, 0) is 18.2 Å². The van der Waals surface area contributed by atoms with Crippen LogP contribution in [0, 0.1) is 0 Å². The van der Waals surface area contributed by atoms with Gasteiger partial charge in [-0.3, -0.25) is 0 Å². The summed E-state index contributed by atoms with van der Waals surface area (Å²) in [5.74, 6) is 1.23. The van der Waals surface area contributed by atoms with Gasteiger partial charge >= 0.3 is 0 Å². The highest BCUT2D eigenvalue weighted by molar-refractivity contribution is 9.10. The Morgan fingerprint density at radius 1 is 1.43 bits per heavy atom. The van der Waals surface area contributed by atoms with Crippen LogP contribution in [0.3, 0.4) is 0 Å². The topological polar surface area (TPSA) is 28.7 Å². The summed E-state index contributed by atoms with van der Waals surface area (Å²) in [6, 6.07) is 5.89. The molecule has 0 aliphatic heterocycles. The first-order valence-corrected chi connectivity index (χ1v) is 5.82. The largest absolute Gasteiger partial charge is 0.341 e. The maximum absolute atomic E-state index is 5.63. The lowest BCUT2D eigenvalue weighted by Crippen LogP contribution is -1.76. The summed E-state index contributed by atoms with van der Waals surface area (Å²) in [7, 11) is 0. The molecule has 0 amide bonds. The number of nitrogens with one attached hydrogen (secondary N) is 1. The molecule has 1 aromatic heterocycles. The molecule has 0 radical (unpaired) electrons. The molecule has 14 heavy (non-hydrogen) atoms. The normalized spacial score (nSPS) is 9.71. The van der Waals surface area contributed by atoms with Crippen LogP contribution in [0.1, 0.15) is 19.7 Å². The van der Waals surface area contributed by atoms with Crippen LogP contribution in [-0.4, -0.2) is 9.97 Å². The molecule has 0 unspecified atom stereocenters. The fourth-order valence-corrected chi connectivity index (χ4v) is 1.59. The number of hydrogen-bond acceptors (Lipinski definition) is 1. The van der Waals surface area contributed by atoms with Crippen molar-refractivity contribution in [1.82, 2.24) is 9.97 Å². The zero-order valence-corrected chi connectivity index (χ0v) is 10.5. The molecule has 0 saturated carbocycles. The van der Waals surface area contributed by atoms with E-state index in [2.05, 4.69) is 25.9 Å². The van der Waals surface area contributed by atoms with Crippen molar-refractivity contribution < 1.29 is 0 Å². The lowest BCUT2D eigenvalue weighted by Gasteiger charge is -1.87. The monoisotopic (exact) mass is 274 g/mol. The number of imidazole rings is 1. The van der Waals surface area contributed by atoms with E-state index in [0.717, 1.165) is 21.3 Å². The molecule has 76 valence electrons. The number of fused-ring (bicyclic) bond motifs is 1. The Balaban J connectivity index is 0.000000461. The number of nitrogens with zero attached hydrogens (tertiary/aromatic N) is 1. The molecule has 0 spiro atoms. The fourth-order valence-electron chi connectivity index (χ4n) is 1.10. The third kappa shape index (κ3) is 2.49. The van der Waals surface area contributed by atoms with E-state index in [-0.39, 0.29) is 0 Å². The number of benzene rings is 1. The predicted octanol–water partition coefficient (Wildman–Crippen LogP) is 4.09. The lowest BCUT2D eigenvalue weighted by atomic mass is 10.3. The molecule has 0 atom stereocenters. The van der Waals surface area contributed by atoms with E-state index >= 15 is 0 Å². The molecule has 1 heterocycles. The van der Waals surface area contributed by atoms with Gasteiger partial charge in [0.05, 0.1) is 16.9 Å². The van der Waals surface area contributed by atoms with Crippen LogP contribution in [0.2, 0.25) is 0 Å². The number of rotatable bonds is 1. The van der Waals surface area contributed by atoms with Gasteiger partial charge in [-0.15, -0.1) is 11.6 Å². The average Bonchev–Trinajstić information content (AvgIpc) is 2.62. The number of halogens is 2. The predicted molar refractivity (Wildman–Crippen MR) is 64.7 cm³/mol. The maximum atomic E-state index is 5.63. The Labute approximate surface area is 96.8 Å². The first kappa shape index (κ1) is 11.5. The van der Waals surface area contributed by atoms with Crippen LogP contribution in [0.4, 0.5) is 0 Å². The smallest absolute Gasteiger partial charge is 0.122 e. The van der Waals surface area contributed by atoms with Crippen molar-refractivity contribution in [3.63, 3.8) is 0 Å². The number of aromatic amines is 1. The fraction of sp³-hybridized carbons (Fsp3) is 0.300. The summed E-state index contributed by atoms with van der Waals surface area (Å²) in [4.78, 5) is 7.38. The molecule has 0 aliphatic rings. The molecule has 2 rings (SSSR count). The van der Waals surface area contributed by atoms with Gasteiger partial charge in [0.15, 0.2) is 0 Å². The second-order valence-corrected chi connectivity index (χ2v) is 3.66.